The van der Waals surface area contributed by atoms with Crippen LogP contribution in [0.25, 0.3) is 0 Å². The fourth-order valence-electron chi connectivity index (χ4n) is 2.41. The van der Waals surface area contributed by atoms with E-state index in [-0.39, 0.29) is 6.61 Å². The van der Waals surface area contributed by atoms with Crippen LogP contribution in [0.4, 0.5) is 0 Å². The zero-order chi connectivity index (χ0) is 16.6. The van der Waals surface area contributed by atoms with Gasteiger partial charge in [-0.15, -0.1) is 0 Å². The number of benzene rings is 1. The number of imide groups is 1. The highest BCUT2D eigenvalue weighted by molar-refractivity contribution is 6.22. The molecule has 2 amide bonds. The second-order valence-corrected chi connectivity index (χ2v) is 5.24. The Kier molecular flexibility index (Phi) is 3.69. The van der Waals surface area contributed by atoms with Gasteiger partial charge < -0.3 is 9.26 Å². The standard InChI is InChI=1S/C16H14N2O5/c1-9-7-11(23-17-9)8-22-16(21)10(2)18-14(19)12-5-3-4-6-13(12)15(18)20/h3-7,10H,8H2,1-2H3/t10-/m0/s1. The van der Waals surface area contributed by atoms with Gasteiger partial charge in [-0.2, -0.15) is 0 Å². The van der Waals surface area contributed by atoms with Crippen molar-refractivity contribution in [1.29, 1.82) is 0 Å². The van der Waals surface area contributed by atoms with E-state index in [4.69, 9.17) is 9.26 Å². The molecule has 1 aliphatic heterocycles. The summed E-state index contributed by atoms with van der Waals surface area (Å²) < 4.78 is 10.0. The molecule has 0 fully saturated rings. The predicted molar refractivity (Wildman–Crippen MR) is 77.4 cm³/mol. The summed E-state index contributed by atoms with van der Waals surface area (Å²) >= 11 is 0. The number of hydrogen-bond donors (Lipinski definition) is 0. The Morgan fingerprint density at radius 3 is 2.39 bits per heavy atom. The van der Waals surface area contributed by atoms with E-state index >= 15 is 0 Å². The van der Waals surface area contributed by atoms with E-state index in [0.717, 1.165) is 4.90 Å². The number of amides is 2. The lowest BCUT2D eigenvalue weighted by Crippen LogP contribution is -2.43. The number of esters is 1. The molecule has 0 saturated carbocycles. The summed E-state index contributed by atoms with van der Waals surface area (Å²) in [6, 6.07) is 7.08. The largest absolute Gasteiger partial charge is 0.456 e. The summed E-state index contributed by atoms with van der Waals surface area (Å²) in [4.78, 5) is 37.6. The van der Waals surface area contributed by atoms with Crippen molar-refractivity contribution < 1.29 is 23.6 Å². The van der Waals surface area contributed by atoms with E-state index in [0.29, 0.717) is 22.6 Å². The molecule has 118 valence electrons. The summed E-state index contributed by atoms with van der Waals surface area (Å²) in [7, 11) is 0. The molecule has 2 heterocycles. The smallest absolute Gasteiger partial charge is 0.329 e. The van der Waals surface area contributed by atoms with Gasteiger partial charge in [0.1, 0.15) is 6.04 Å². The van der Waals surface area contributed by atoms with Gasteiger partial charge >= 0.3 is 5.97 Å². The summed E-state index contributed by atoms with van der Waals surface area (Å²) in [5.74, 6) is -1.28. The fourth-order valence-corrected chi connectivity index (χ4v) is 2.41. The molecule has 1 aromatic carbocycles. The number of ether oxygens (including phenoxy) is 1. The number of hydrogen-bond acceptors (Lipinski definition) is 6. The van der Waals surface area contributed by atoms with Gasteiger partial charge in [0, 0.05) is 6.07 Å². The molecule has 0 radical (unpaired) electrons. The second kappa shape index (κ2) is 5.68. The second-order valence-electron chi connectivity index (χ2n) is 5.24. The number of carbonyl (C=O) groups is 3. The maximum atomic E-state index is 12.3. The molecule has 3 rings (SSSR count). The molecule has 7 heteroatoms. The topological polar surface area (TPSA) is 89.7 Å². The minimum Gasteiger partial charge on any atom is -0.456 e. The third-order valence-corrected chi connectivity index (χ3v) is 3.59. The number of carbonyl (C=O) groups excluding carboxylic acids is 3. The van der Waals surface area contributed by atoms with Crippen molar-refractivity contribution in [2.75, 3.05) is 0 Å². The molecule has 2 aromatic rings. The fraction of sp³-hybridized carbons (Fsp3) is 0.250. The lowest BCUT2D eigenvalue weighted by atomic mass is 10.1. The van der Waals surface area contributed by atoms with Gasteiger partial charge in [0.15, 0.2) is 12.4 Å². The van der Waals surface area contributed by atoms with Crippen molar-refractivity contribution in [3.8, 4) is 0 Å². The van der Waals surface area contributed by atoms with Crippen molar-refractivity contribution in [3.63, 3.8) is 0 Å². The third kappa shape index (κ3) is 2.61. The van der Waals surface area contributed by atoms with Crippen molar-refractivity contribution >= 4 is 17.8 Å². The van der Waals surface area contributed by atoms with E-state index in [1.54, 1.807) is 37.3 Å². The lowest BCUT2D eigenvalue weighted by molar-refractivity contribution is -0.149. The summed E-state index contributed by atoms with van der Waals surface area (Å²) in [5, 5.41) is 3.68. The van der Waals surface area contributed by atoms with Crippen LogP contribution in [0.2, 0.25) is 0 Å². The van der Waals surface area contributed by atoms with Crippen LogP contribution >= 0.6 is 0 Å². The van der Waals surface area contributed by atoms with Crippen molar-refractivity contribution in [2.45, 2.75) is 26.5 Å². The minimum atomic E-state index is -1.02. The molecule has 0 bridgehead atoms. The molecule has 1 atom stereocenters. The first-order valence-electron chi connectivity index (χ1n) is 7.05. The maximum absolute atomic E-state index is 12.3. The highest BCUT2D eigenvalue weighted by atomic mass is 16.6. The number of nitrogens with zero attached hydrogens (tertiary/aromatic N) is 2. The Balaban J connectivity index is 1.71. The SMILES string of the molecule is Cc1cc(COC(=O)[C@H](C)N2C(=O)c3ccccc3C2=O)on1. The Morgan fingerprint density at radius 2 is 1.87 bits per heavy atom. The molecular weight excluding hydrogens is 300 g/mol. The Morgan fingerprint density at radius 1 is 1.26 bits per heavy atom. The number of fused-ring (bicyclic) bond motifs is 1. The van der Waals surface area contributed by atoms with Gasteiger partial charge in [-0.05, 0) is 26.0 Å². The summed E-state index contributed by atoms with van der Waals surface area (Å²) in [6.07, 6.45) is 0. The first kappa shape index (κ1) is 15.0. The maximum Gasteiger partial charge on any atom is 0.329 e. The van der Waals surface area contributed by atoms with Gasteiger partial charge in [-0.3, -0.25) is 14.5 Å². The van der Waals surface area contributed by atoms with E-state index in [2.05, 4.69) is 5.16 Å². The summed E-state index contributed by atoms with van der Waals surface area (Å²) in [6.45, 7) is 3.10. The Bertz CT molecular complexity index is 760. The van der Waals surface area contributed by atoms with Gasteiger partial charge in [-0.1, -0.05) is 17.3 Å². The van der Waals surface area contributed by atoms with E-state index in [9.17, 15) is 14.4 Å². The monoisotopic (exact) mass is 314 g/mol. The van der Waals surface area contributed by atoms with Crippen LogP contribution in [0.1, 0.15) is 39.1 Å². The van der Waals surface area contributed by atoms with E-state index in [1.165, 1.54) is 6.92 Å². The number of aromatic nitrogens is 1. The average Bonchev–Trinajstić information content (AvgIpc) is 3.07. The molecule has 1 aliphatic rings. The van der Waals surface area contributed by atoms with Crippen LogP contribution in [0.15, 0.2) is 34.9 Å². The van der Waals surface area contributed by atoms with Crippen LogP contribution in [0.3, 0.4) is 0 Å². The van der Waals surface area contributed by atoms with Crippen LogP contribution in [-0.4, -0.2) is 33.9 Å². The van der Waals surface area contributed by atoms with Gasteiger partial charge in [0.05, 0.1) is 16.8 Å². The predicted octanol–water partition coefficient (Wildman–Crippen LogP) is 1.71. The van der Waals surface area contributed by atoms with Crippen molar-refractivity contribution in [1.82, 2.24) is 10.1 Å². The number of rotatable bonds is 4. The first-order valence-corrected chi connectivity index (χ1v) is 7.05. The van der Waals surface area contributed by atoms with Gasteiger partial charge in [0.25, 0.3) is 11.8 Å². The Labute approximate surface area is 131 Å². The molecular formula is C16H14N2O5. The minimum absolute atomic E-state index is 0.104. The molecule has 0 unspecified atom stereocenters. The van der Waals surface area contributed by atoms with Gasteiger partial charge in [-0.25, -0.2) is 4.79 Å². The first-order chi connectivity index (χ1) is 11.0. The van der Waals surface area contributed by atoms with E-state index in [1.807, 2.05) is 0 Å². The quantitative estimate of drug-likeness (QED) is 0.630. The highest BCUT2D eigenvalue weighted by Crippen LogP contribution is 2.24. The van der Waals surface area contributed by atoms with Crippen LogP contribution in [-0.2, 0) is 16.1 Å². The summed E-state index contributed by atoms with van der Waals surface area (Å²) in [5.41, 5.74) is 1.26. The van der Waals surface area contributed by atoms with Gasteiger partial charge in [0.2, 0.25) is 0 Å². The molecule has 0 saturated heterocycles. The molecule has 0 spiro atoms. The van der Waals surface area contributed by atoms with Crippen LogP contribution < -0.4 is 0 Å². The molecule has 0 N–H and O–H groups in total. The lowest BCUT2D eigenvalue weighted by Gasteiger charge is -2.20. The zero-order valence-corrected chi connectivity index (χ0v) is 12.6. The third-order valence-electron chi connectivity index (χ3n) is 3.59. The highest BCUT2D eigenvalue weighted by Gasteiger charge is 2.41. The zero-order valence-electron chi connectivity index (χ0n) is 12.6. The Hall–Kier alpha value is -2.96. The molecule has 23 heavy (non-hydrogen) atoms. The van der Waals surface area contributed by atoms with Crippen LogP contribution in [0.5, 0.6) is 0 Å². The normalized spacial score (nSPS) is 14.8. The van der Waals surface area contributed by atoms with E-state index < -0.39 is 23.8 Å². The van der Waals surface area contributed by atoms with Crippen molar-refractivity contribution in [2.24, 2.45) is 0 Å². The van der Waals surface area contributed by atoms with Crippen LogP contribution in [0, 0.1) is 6.92 Å². The number of aryl methyl sites for hydroxylation is 1. The molecule has 1 aromatic heterocycles. The average molecular weight is 314 g/mol. The molecule has 0 aliphatic carbocycles. The van der Waals surface area contributed by atoms with Crippen molar-refractivity contribution in [3.05, 3.63) is 52.9 Å². The molecule has 7 nitrogen and oxygen atoms in total.